The van der Waals surface area contributed by atoms with E-state index in [1.54, 1.807) is 11.3 Å². The van der Waals surface area contributed by atoms with Crippen LogP contribution in [0.4, 0.5) is 0 Å². The van der Waals surface area contributed by atoms with Gasteiger partial charge in [-0.15, -0.1) is 11.3 Å². The van der Waals surface area contributed by atoms with Crippen LogP contribution in [0.15, 0.2) is 5.38 Å². The second kappa shape index (κ2) is 5.60. The van der Waals surface area contributed by atoms with Gasteiger partial charge in [0.1, 0.15) is 0 Å². The zero-order chi connectivity index (χ0) is 15.0. The highest BCUT2D eigenvalue weighted by Crippen LogP contribution is 2.41. The molecule has 0 radical (unpaired) electrons. The molecule has 1 saturated carbocycles. The molecule has 2 aromatic rings. The Hall–Kier alpha value is -1.69. The smallest absolute Gasteiger partial charge is 0.255 e. The summed E-state index contributed by atoms with van der Waals surface area (Å²) in [7, 11) is 0. The quantitative estimate of drug-likeness (QED) is 0.924. The third-order valence-electron chi connectivity index (χ3n) is 3.83. The van der Waals surface area contributed by atoms with E-state index in [0.717, 1.165) is 23.6 Å². The first-order chi connectivity index (χ1) is 10.1. The van der Waals surface area contributed by atoms with Crippen LogP contribution in [-0.2, 0) is 13.1 Å². The molecule has 0 atom stereocenters. The highest BCUT2D eigenvalue weighted by atomic mass is 32.1. The molecule has 112 valence electrons. The van der Waals surface area contributed by atoms with Gasteiger partial charge in [-0.25, -0.2) is 4.98 Å². The molecule has 0 spiro atoms. The molecule has 1 N–H and O–H groups in total. The van der Waals surface area contributed by atoms with Gasteiger partial charge in [-0.2, -0.15) is 5.10 Å². The topological polar surface area (TPSA) is 59.8 Å². The fraction of sp³-hybridized carbons (Fsp3) is 0.533. The van der Waals surface area contributed by atoms with Crippen LogP contribution in [0, 0.1) is 13.8 Å². The Labute approximate surface area is 128 Å². The molecule has 0 unspecified atom stereocenters. The van der Waals surface area contributed by atoms with Crippen LogP contribution in [0.5, 0.6) is 0 Å². The monoisotopic (exact) mass is 304 g/mol. The maximum Gasteiger partial charge on any atom is 0.255 e. The summed E-state index contributed by atoms with van der Waals surface area (Å²) in [5.41, 5.74) is 3.34. The third kappa shape index (κ3) is 2.85. The number of aromatic nitrogens is 3. The van der Waals surface area contributed by atoms with E-state index in [1.807, 2.05) is 30.8 Å². The van der Waals surface area contributed by atoms with Gasteiger partial charge in [-0.3, -0.25) is 9.48 Å². The van der Waals surface area contributed by atoms with Crippen molar-refractivity contribution in [2.24, 2.45) is 0 Å². The van der Waals surface area contributed by atoms with Crippen LogP contribution in [0.3, 0.4) is 0 Å². The molecular formula is C15H20N4OS. The number of hydrogen-bond acceptors (Lipinski definition) is 4. The summed E-state index contributed by atoms with van der Waals surface area (Å²) >= 11 is 1.70. The molecule has 5 nitrogen and oxygen atoms in total. The highest BCUT2D eigenvalue weighted by Gasteiger charge is 2.26. The number of nitrogens with zero attached hydrogens (tertiary/aromatic N) is 3. The molecule has 2 aromatic heterocycles. The normalized spacial score (nSPS) is 14.4. The first-order valence-electron chi connectivity index (χ1n) is 7.36. The maximum atomic E-state index is 12.4. The molecule has 0 aromatic carbocycles. The van der Waals surface area contributed by atoms with Crippen molar-refractivity contribution in [3.05, 3.63) is 33.0 Å². The Bertz CT molecular complexity index is 669. The minimum Gasteiger partial charge on any atom is -0.346 e. The summed E-state index contributed by atoms with van der Waals surface area (Å²) in [6.45, 7) is 7.10. The average molecular weight is 304 g/mol. The van der Waals surface area contributed by atoms with Crippen molar-refractivity contribution in [3.63, 3.8) is 0 Å². The lowest BCUT2D eigenvalue weighted by Crippen LogP contribution is -2.24. The standard InChI is InChI=1S/C15H20N4OS/c1-4-19-10(3)13(9(2)18-19)14(20)16-7-12-8-21-15(17-12)11-5-6-11/h8,11H,4-7H2,1-3H3,(H,16,20). The molecule has 1 aliphatic carbocycles. The van der Waals surface area contributed by atoms with Crippen molar-refractivity contribution in [2.45, 2.75) is 52.6 Å². The fourth-order valence-corrected chi connectivity index (χ4v) is 3.51. The van der Waals surface area contributed by atoms with Gasteiger partial charge >= 0.3 is 0 Å². The zero-order valence-corrected chi connectivity index (χ0v) is 13.5. The van der Waals surface area contributed by atoms with Gasteiger partial charge in [0.25, 0.3) is 5.91 Å². The summed E-state index contributed by atoms with van der Waals surface area (Å²) in [4.78, 5) is 16.9. The van der Waals surface area contributed by atoms with E-state index in [9.17, 15) is 4.79 Å². The number of nitrogens with one attached hydrogen (secondary N) is 1. The Kier molecular flexibility index (Phi) is 3.80. The van der Waals surface area contributed by atoms with E-state index in [-0.39, 0.29) is 5.91 Å². The summed E-state index contributed by atoms with van der Waals surface area (Å²) < 4.78 is 1.86. The third-order valence-corrected chi connectivity index (χ3v) is 4.89. The summed E-state index contributed by atoms with van der Waals surface area (Å²) in [5.74, 6) is 0.609. The van der Waals surface area contributed by atoms with Crippen molar-refractivity contribution in [2.75, 3.05) is 0 Å². The van der Waals surface area contributed by atoms with E-state index in [0.29, 0.717) is 18.0 Å². The van der Waals surface area contributed by atoms with Crippen molar-refractivity contribution in [3.8, 4) is 0 Å². The first kappa shape index (κ1) is 14.3. The lowest BCUT2D eigenvalue weighted by Gasteiger charge is -2.04. The number of hydrogen-bond donors (Lipinski definition) is 1. The van der Waals surface area contributed by atoms with Crippen LogP contribution < -0.4 is 5.32 Å². The summed E-state index contributed by atoms with van der Waals surface area (Å²) in [6, 6.07) is 0. The number of rotatable bonds is 5. The number of carbonyl (C=O) groups is 1. The van der Waals surface area contributed by atoms with Gasteiger partial charge in [0, 0.05) is 23.5 Å². The number of aryl methyl sites for hydroxylation is 2. The van der Waals surface area contributed by atoms with Gasteiger partial charge in [-0.05, 0) is 33.6 Å². The van der Waals surface area contributed by atoms with Crippen LogP contribution in [0.1, 0.15) is 58.1 Å². The van der Waals surface area contributed by atoms with Gasteiger partial charge in [0.05, 0.1) is 28.5 Å². The average Bonchev–Trinajstić information content (AvgIpc) is 3.13. The SMILES string of the molecule is CCn1nc(C)c(C(=O)NCc2csc(C3CC3)n2)c1C. The van der Waals surface area contributed by atoms with Crippen molar-refractivity contribution in [1.82, 2.24) is 20.1 Å². The molecule has 0 aliphatic heterocycles. The van der Waals surface area contributed by atoms with Gasteiger partial charge < -0.3 is 5.32 Å². The molecule has 3 rings (SSSR count). The van der Waals surface area contributed by atoms with Gasteiger partial charge in [-0.1, -0.05) is 0 Å². The van der Waals surface area contributed by atoms with Gasteiger partial charge in [0.15, 0.2) is 0 Å². The first-order valence-corrected chi connectivity index (χ1v) is 8.24. The van der Waals surface area contributed by atoms with E-state index in [4.69, 9.17) is 0 Å². The minimum atomic E-state index is -0.0642. The second-order valence-corrected chi connectivity index (χ2v) is 6.39. The molecular weight excluding hydrogens is 284 g/mol. The lowest BCUT2D eigenvalue weighted by atomic mass is 10.2. The molecule has 1 fully saturated rings. The molecule has 2 heterocycles. The molecule has 0 bridgehead atoms. The minimum absolute atomic E-state index is 0.0642. The Morgan fingerprint density at radius 3 is 2.86 bits per heavy atom. The van der Waals surface area contributed by atoms with E-state index in [1.165, 1.54) is 17.8 Å². The second-order valence-electron chi connectivity index (χ2n) is 5.50. The number of amides is 1. The van der Waals surface area contributed by atoms with Crippen molar-refractivity contribution >= 4 is 17.2 Å². The van der Waals surface area contributed by atoms with Gasteiger partial charge in [0.2, 0.25) is 0 Å². The number of thiazole rings is 1. The number of carbonyl (C=O) groups excluding carboxylic acids is 1. The molecule has 21 heavy (non-hydrogen) atoms. The van der Waals surface area contributed by atoms with Crippen LogP contribution in [0.25, 0.3) is 0 Å². The van der Waals surface area contributed by atoms with Crippen LogP contribution in [-0.4, -0.2) is 20.7 Å². The molecule has 1 aliphatic rings. The van der Waals surface area contributed by atoms with E-state index >= 15 is 0 Å². The predicted molar refractivity (Wildman–Crippen MR) is 82.6 cm³/mol. The lowest BCUT2D eigenvalue weighted by molar-refractivity contribution is 0.0949. The summed E-state index contributed by atoms with van der Waals surface area (Å²) in [6.07, 6.45) is 2.52. The Morgan fingerprint density at radius 2 is 2.24 bits per heavy atom. The highest BCUT2D eigenvalue weighted by molar-refractivity contribution is 7.09. The Morgan fingerprint density at radius 1 is 1.48 bits per heavy atom. The molecule has 1 amide bonds. The van der Waals surface area contributed by atoms with E-state index < -0.39 is 0 Å². The Balaban J connectivity index is 1.66. The fourth-order valence-electron chi connectivity index (χ4n) is 2.51. The molecule has 6 heteroatoms. The maximum absolute atomic E-state index is 12.4. The van der Waals surface area contributed by atoms with Crippen molar-refractivity contribution in [1.29, 1.82) is 0 Å². The van der Waals surface area contributed by atoms with Crippen LogP contribution in [0.2, 0.25) is 0 Å². The summed E-state index contributed by atoms with van der Waals surface area (Å²) in [5, 5.41) is 10.6. The van der Waals surface area contributed by atoms with E-state index in [2.05, 4.69) is 15.4 Å². The zero-order valence-electron chi connectivity index (χ0n) is 12.6. The predicted octanol–water partition coefficient (Wildman–Crippen LogP) is 2.78. The molecule has 0 saturated heterocycles. The van der Waals surface area contributed by atoms with Crippen LogP contribution >= 0.6 is 11.3 Å². The largest absolute Gasteiger partial charge is 0.346 e. The van der Waals surface area contributed by atoms with Crippen molar-refractivity contribution < 1.29 is 4.79 Å².